The molecule has 0 aromatic carbocycles. The summed E-state index contributed by atoms with van der Waals surface area (Å²) >= 11 is 0. The topological polar surface area (TPSA) is 26.3 Å². The van der Waals surface area contributed by atoms with Crippen molar-refractivity contribution in [2.75, 3.05) is 7.11 Å². The highest BCUT2D eigenvalue weighted by Gasteiger charge is 2.26. The minimum absolute atomic E-state index is 0.148. The van der Waals surface area contributed by atoms with E-state index in [1.165, 1.54) is 0 Å². The lowest BCUT2D eigenvalue weighted by molar-refractivity contribution is -0.135. The van der Waals surface area contributed by atoms with Crippen LogP contribution in [0.15, 0.2) is 0 Å². The predicted molar refractivity (Wildman–Crippen MR) is 40.9 cm³/mol. The monoisotopic (exact) mass is 144 g/mol. The van der Waals surface area contributed by atoms with Gasteiger partial charge in [0.2, 0.25) is 0 Å². The summed E-state index contributed by atoms with van der Waals surface area (Å²) in [6.07, 6.45) is -0.278. The van der Waals surface area contributed by atoms with Gasteiger partial charge in [0.05, 0.1) is 0 Å². The fourth-order valence-corrected chi connectivity index (χ4v) is 0.717. The summed E-state index contributed by atoms with van der Waals surface area (Å²) in [6.45, 7) is 7.45. The van der Waals surface area contributed by atoms with Gasteiger partial charge in [0, 0.05) is 12.5 Å². The molecule has 1 unspecified atom stereocenters. The Balaban J connectivity index is 4.09. The van der Waals surface area contributed by atoms with Crippen LogP contribution in [-0.2, 0) is 9.53 Å². The van der Waals surface area contributed by atoms with E-state index < -0.39 is 0 Å². The van der Waals surface area contributed by atoms with E-state index in [4.69, 9.17) is 4.74 Å². The first-order chi connectivity index (χ1) is 4.39. The molecule has 1 atom stereocenters. The van der Waals surface area contributed by atoms with E-state index in [0.717, 1.165) is 0 Å². The van der Waals surface area contributed by atoms with Crippen LogP contribution in [0, 0.1) is 5.41 Å². The maximum absolute atomic E-state index is 11.3. The molecule has 0 saturated carbocycles. The zero-order chi connectivity index (χ0) is 8.36. The van der Waals surface area contributed by atoms with Crippen molar-refractivity contribution in [3.63, 3.8) is 0 Å². The molecule has 2 nitrogen and oxygen atoms in total. The number of carbonyl (C=O) groups is 1. The van der Waals surface area contributed by atoms with Crippen LogP contribution in [0.4, 0.5) is 0 Å². The number of hydrogen-bond donors (Lipinski definition) is 0. The number of ketones is 1. The number of hydrogen-bond acceptors (Lipinski definition) is 2. The molecule has 0 aliphatic rings. The van der Waals surface area contributed by atoms with Gasteiger partial charge in [0.1, 0.15) is 6.10 Å². The molecule has 0 aromatic heterocycles. The van der Waals surface area contributed by atoms with Crippen LogP contribution in [0.3, 0.4) is 0 Å². The maximum Gasteiger partial charge on any atom is 0.166 e. The smallest absolute Gasteiger partial charge is 0.166 e. The third-order valence-electron chi connectivity index (χ3n) is 1.46. The summed E-state index contributed by atoms with van der Waals surface area (Å²) < 4.78 is 4.89. The summed E-state index contributed by atoms with van der Waals surface area (Å²) in [6, 6.07) is 0. The van der Waals surface area contributed by atoms with Crippen LogP contribution in [0.2, 0.25) is 0 Å². The lowest BCUT2D eigenvalue weighted by atomic mass is 9.88. The van der Waals surface area contributed by atoms with Crippen molar-refractivity contribution >= 4 is 5.78 Å². The van der Waals surface area contributed by atoms with Crippen LogP contribution in [0.1, 0.15) is 27.7 Å². The van der Waals surface area contributed by atoms with Crippen LogP contribution >= 0.6 is 0 Å². The summed E-state index contributed by atoms with van der Waals surface area (Å²) in [7, 11) is 1.55. The first-order valence-corrected chi connectivity index (χ1v) is 3.46. The van der Waals surface area contributed by atoms with Gasteiger partial charge in [-0.15, -0.1) is 0 Å². The second-order valence-electron chi connectivity index (χ2n) is 3.49. The number of ether oxygens (including phenoxy) is 1. The molecular formula is C8H16O2. The molecule has 10 heavy (non-hydrogen) atoms. The quantitative estimate of drug-likeness (QED) is 0.589. The van der Waals surface area contributed by atoms with E-state index in [1.54, 1.807) is 14.0 Å². The van der Waals surface area contributed by atoms with Crippen LogP contribution in [-0.4, -0.2) is 19.0 Å². The molecule has 0 saturated heterocycles. The van der Waals surface area contributed by atoms with Crippen LogP contribution < -0.4 is 0 Å². The minimum atomic E-state index is -0.282. The van der Waals surface area contributed by atoms with Crippen molar-refractivity contribution in [2.24, 2.45) is 5.41 Å². The molecule has 0 aromatic rings. The number of carbonyl (C=O) groups excluding carboxylic acids is 1. The van der Waals surface area contributed by atoms with Gasteiger partial charge in [-0.2, -0.15) is 0 Å². The van der Waals surface area contributed by atoms with Gasteiger partial charge in [-0.25, -0.2) is 0 Å². The summed E-state index contributed by atoms with van der Waals surface area (Å²) in [5.41, 5.74) is -0.282. The maximum atomic E-state index is 11.3. The summed E-state index contributed by atoms with van der Waals surface area (Å²) in [5.74, 6) is 0.148. The second kappa shape index (κ2) is 3.15. The molecule has 0 fully saturated rings. The Morgan fingerprint density at radius 2 is 1.80 bits per heavy atom. The SMILES string of the molecule is COC(C)C(=O)C(C)(C)C. The normalized spacial score (nSPS) is 14.9. The van der Waals surface area contributed by atoms with Crippen molar-refractivity contribution in [3.05, 3.63) is 0 Å². The largest absolute Gasteiger partial charge is 0.374 e. The first-order valence-electron chi connectivity index (χ1n) is 3.46. The Morgan fingerprint density at radius 1 is 1.40 bits per heavy atom. The zero-order valence-corrected chi connectivity index (χ0v) is 7.39. The highest BCUT2D eigenvalue weighted by atomic mass is 16.5. The van der Waals surface area contributed by atoms with Crippen molar-refractivity contribution < 1.29 is 9.53 Å². The second-order valence-corrected chi connectivity index (χ2v) is 3.49. The van der Waals surface area contributed by atoms with E-state index in [0.29, 0.717) is 0 Å². The van der Waals surface area contributed by atoms with Crippen LogP contribution in [0.25, 0.3) is 0 Å². The van der Waals surface area contributed by atoms with Crippen molar-refractivity contribution in [1.82, 2.24) is 0 Å². The molecule has 60 valence electrons. The third-order valence-corrected chi connectivity index (χ3v) is 1.46. The molecular weight excluding hydrogens is 128 g/mol. The van der Waals surface area contributed by atoms with Gasteiger partial charge in [-0.1, -0.05) is 20.8 Å². The first kappa shape index (κ1) is 9.63. The van der Waals surface area contributed by atoms with Gasteiger partial charge in [-0.3, -0.25) is 4.79 Å². The molecule has 0 amide bonds. The molecule has 0 rings (SSSR count). The molecule has 0 heterocycles. The Labute approximate surface area is 62.6 Å². The number of rotatable bonds is 2. The Bertz CT molecular complexity index is 122. The number of Topliss-reactive ketones (excluding diaryl/α,β-unsaturated/α-hetero) is 1. The third kappa shape index (κ3) is 2.48. The lowest BCUT2D eigenvalue weighted by Crippen LogP contribution is -2.31. The molecule has 0 aliphatic heterocycles. The van der Waals surface area contributed by atoms with Gasteiger partial charge in [0.15, 0.2) is 5.78 Å². The Kier molecular flexibility index (Phi) is 3.03. The van der Waals surface area contributed by atoms with E-state index in [1.807, 2.05) is 20.8 Å². The van der Waals surface area contributed by atoms with Gasteiger partial charge in [0.25, 0.3) is 0 Å². The van der Waals surface area contributed by atoms with E-state index in [2.05, 4.69) is 0 Å². The van der Waals surface area contributed by atoms with E-state index in [9.17, 15) is 4.79 Å². The highest BCUT2D eigenvalue weighted by molar-refractivity contribution is 5.87. The van der Waals surface area contributed by atoms with Crippen LogP contribution in [0.5, 0.6) is 0 Å². The zero-order valence-electron chi connectivity index (χ0n) is 7.39. The summed E-state index contributed by atoms with van der Waals surface area (Å²) in [4.78, 5) is 11.3. The molecule has 0 bridgehead atoms. The predicted octanol–water partition coefficient (Wildman–Crippen LogP) is 1.64. The Hall–Kier alpha value is -0.370. The molecule has 0 N–H and O–H groups in total. The molecule has 0 aliphatic carbocycles. The molecule has 0 spiro atoms. The van der Waals surface area contributed by atoms with E-state index >= 15 is 0 Å². The molecule has 2 heteroatoms. The average molecular weight is 144 g/mol. The molecule has 0 radical (unpaired) electrons. The standard InChI is InChI=1S/C8H16O2/c1-6(10-5)7(9)8(2,3)4/h6H,1-5H3. The van der Waals surface area contributed by atoms with Gasteiger partial charge < -0.3 is 4.74 Å². The van der Waals surface area contributed by atoms with Crippen molar-refractivity contribution in [3.8, 4) is 0 Å². The average Bonchev–Trinajstić information content (AvgIpc) is 1.83. The Morgan fingerprint density at radius 3 is 1.90 bits per heavy atom. The lowest BCUT2D eigenvalue weighted by Gasteiger charge is -2.20. The van der Waals surface area contributed by atoms with E-state index in [-0.39, 0.29) is 17.3 Å². The van der Waals surface area contributed by atoms with Gasteiger partial charge >= 0.3 is 0 Å². The fraction of sp³-hybridized carbons (Fsp3) is 0.875. The fourth-order valence-electron chi connectivity index (χ4n) is 0.717. The van der Waals surface area contributed by atoms with Gasteiger partial charge in [-0.05, 0) is 6.92 Å². The summed E-state index contributed by atoms with van der Waals surface area (Å²) in [5, 5.41) is 0. The minimum Gasteiger partial charge on any atom is -0.374 e. The highest BCUT2D eigenvalue weighted by Crippen LogP contribution is 2.17. The van der Waals surface area contributed by atoms with Crippen molar-refractivity contribution in [2.45, 2.75) is 33.8 Å². The number of methoxy groups -OCH3 is 1. The van der Waals surface area contributed by atoms with Crippen molar-refractivity contribution in [1.29, 1.82) is 0 Å².